The van der Waals surface area contributed by atoms with E-state index in [2.05, 4.69) is 47.9 Å². The Kier molecular flexibility index (Phi) is 2.83. The lowest BCUT2D eigenvalue weighted by Crippen LogP contribution is -2.55. The number of rotatable bonds is 1. The van der Waals surface area contributed by atoms with Crippen LogP contribution in [0.5, 0.6) is 0 Å². The zero-order valence-electron chi connectivity index (χ0n) is 10.9. The molecule has 0 aliphatic carbocycles. The van der Waals surface area contributed by atoms with Crippen molar-refractivity contribution < 1.29 is 0 Å². The first-order valence-electron chi connectivity index (χ1n) is 6.81. The molecular weight excluding hydrogens is 208 g/mol. The molecular formula is C15H22N2. The molecule has 1 aromatic carbocycles. The van der Waals surface area contributed by atoms with Crippen molar-refractivity contribution >= 4 is 5.69 Å². The van der Waals surface area contributed by atoms with Gasteiger partial charge >= 0.3 is 0 Å². The molecule has 0 bridgehead atoms. The molecule has 0 spiro atoms. The first kappa shape index (κ1) is 11.1. The summed E-state index contributed by atoms with van der Waals surface area (Å²) in [5.41, 5.74) is 2.77. The highest BCUT2D eigenvalue weighted by Crippen LogP contribution is 2.28. The highest BCUT2D eigenvalue weighted by Gasteiger charge is 2.34. The minimum atomic E-state index is 0.645. The van der Waals surface area contributed by atoms with Crippen LogP contribution in [0.3, 0.4) is 0 Å². The van der Waals surface area contributed by atoms with Gasteiger partial charge in [-0.1, -0.05) is 12.1 Å². The molecule has 2 unspecified atom stereocenters. The quantitative estimate of drug-likeness (QED) is 0.732. The fraction of sp³-hybridized carbons (Fsp3) is 0.600. The van der Waals surface area contributed by atoms with Crippen LogP contribution in [-0.4, -0.2) is 36.6 Å². The number of benzene rings is 1. The van der Waals surface area contributed by atoms with E-state index in [1.54, 1.807) is 0 Å². The van der Waals surface area contributed by atoms with Crippen molar-refractivity contribution in [1.29, 1.82) is 0 Å². The molecule has 2 saturated heterocycles. The van der Waals surface area contributed by atoms with Crippen LogP contribution in [0.25, 0.3) is 0 Å². The molecule has 0 aromatic heterocycles. The average molecular weight is 230 g/mol. The molecule has 0 N–H and O–H groups in total. The van der Waals surface area contributed by atoms with Crippen LogP contribution >= 0.6 is 0 Å². The number of nitrogens with zero attached hydrogens (tertiary/aromatic N) is 2. The van der Waals surface area contributed by atoms with E-state index in [0.717, 1.165) is 6.04 Å². The number of hydrogen-bond acceptors (Lipinski definition) is 2. The smallest absolute Gasteiger partial charge is 0.0389 e. The van der Waals surface area contributed by atoms with Gasteiger partial charge in [0.05, 0.1) is 0 Å². The largest absolute Gasteiger partial charge is 0.366 e. The minimum absolute atomic E-state index is 0.645. The Bertz CT molecular complexity index is 402. The molecule has 2 heterocycles. The Hall–Kier alpha value is -1.02. The molecule has 92 valence electrons. The lowest BCUT2D eigenvalue weighted by molar-refractivity contribution is 0.203. The van der Waals surface area contributed by atoms with Crippen molar-refractivity contribution in [2.24, 2.45) is 0 Å². The van der Waals surface area contributed by atoms with Gasteiger partial charge in [0, 0.05) is 30.9 Å². The second kappa shape index (κ2) is 4.34. The number of aryl methyl sites for hydroxylation is 1. The molecule has 2 nitrogen and oxygen atoms in total. The number of fused-ring (bicyclic) bond motifs is 1. The fourth-order valence-electron chi connectivity index (χ4n) is 3.35. The molecule has 0 saturated carbocycles. The summed E-state index contributed by atoms with van der Waals surface area (Å²) < 4.78 is 0. The van der Waals surface area contributed by atoms with Gasteiger partial charge in [-0.25, -0.2) is 0 Å². The van der Waals surface area contributed by atoms with Crippen LogP contribution in [-0.2, 0) is 0 Å². The summed E-state index contributed by atoms with van der Waals surface area (Å²) in [6.07, 6.45) is 2.77. The van der Waals surface area contributed by atoms with E-state index in [1.165, 1.54) is 43.7 Å². The van der Waals surface area contributed by atoms with Crippen molar-refractivity contribution in [2.45, 2.75) is 38.8 Å². The van der Waals surface area contributed by atoms with Crippen LogP contribution in [0.2, 0.25) is 0 Å². The van der Waals surface area contributed by atoms with Gasteiger partial charge in [0.25, 0.3) is 0 Å². The van der Waals surface area contributed by atoms with E-state index >= 15 is 0 Å². The summed E-state index contributed by atoms with van der Waals surface area (Å²) in [6.45, 7) is 8.30. The molecule has 2 aliphatic rings. The average Bonchev–Trinajstić information content (AvgIpc) is 2.75. The summed E-state index contributed by atoms with van der Waals surface area (Å²) in [5, 5.41) is 0. The highest BCUT2D eigenvalue weighted by molar-refractivity contribution is 5.50. The van der Waals surface area contributed by atoms with Crippen LogP contribution in [0.1, 0.15) is 25.3 Å². The van der Waals surface area contributed by atoms with Crippen molar-refractivity contribution in [3.63, 3.8) is 0 Å². The van der Waals surface area contributed by atoms with Crippen LogP contribution in [0.15, 0.2) is 24.3 Å². The topological polar surface area (TPSA) is 6.48 Å². The Balaban J connectivity index is 1.83. The molecule has 0 radical (unpaired) electrons. The summed E-state index contributed by atoms with van der Waals surface area (Å²) in [5.74, 6) is 0. The Morgan fingerprint density at radius 2 is 2.12 bits per heavy atom. The van der Waals surface area contributed by atoms with Gasteiger partial charge in [0.1, 0.15) is 0 Å². The third-order valence-corrected chi connectivity index (χ3v) is 4.27. The second-order valence-electron chi connectivity index (χ2n) is 5.63. The second-order valence-corrected chi connectivity index (χ2v) is 5.63. The number of piperazine rings is 1. The molecule has 2 heteroatoms. The SMILES string of the molecule is Cc1cccc(N2CC3CCCN3CC2C)c1. The van der Waals surface area contributed by atoms with Gasteiger partial charge in [-0.05, 0) is 50.9 Å². The zero-order chi connectivity index (χ0) is 11.8. The van der Waals surface area contributed by atoms with Gasteiger partial charge in [-0.3, -0.25) is 4.90 Å². The maximum atomic E-state index is 2.68. The number of anilines is 1. The normalized spacial score (nSPS) is 29.4. The lowest BCUT2D eigenvalue weighted by atomic mass is 10.1. The van der Waals surface area contributed by atoms with Gasteiger partial charge in [0.2, 0.25) is 0 Å². The third kappa shape index (κ3) is 2.06. The summed E-state index contributed by atoms with van der Waals surface area (Å²) in [7, 11) is 0. The minimum Gasteiger partial charge on any atom is -0.366 e. The first-order chi connectivity index (χ1) is 8.24. The van der Waals surface area contributed by atoms with Crippen LogP contribution in [0.4, 0.5) is 5.69 Å². The molecule has 1 aromatic rings. The van der Waals surface area contributed by atoms with Crippen LogP contribution < -0.4 is 4.90 Å². The van der Waals surface area contributed by atoms with Crippen molar-refractivity contribution in [3.05, 3.63) is 29.8 Å². The predicted octanol–water partition coefficient (Wildman–Crippen LogP) is 2.67. The van der Waals surface area contributed by atoms with Crippen molar-refractivity contribution in [1.82, 2.24) is 4.90 Å². The summed E-state index contributed by atoms with van der Waals surface area (Å²) >= 11 is 0. The van der Waals surface area contributed by atoms with Crippen molar-refractivity contribution in [3.8, 4) is 0 Å². The Labute approximate surface area is 104 Å². The maximum Gasteiger partial charge on any atom is 0.0389 e. The molecule has 2 fully saturated rings. The van der Waals surface area contributed by atoms with Gasteiger partial charge in [-0.15, -0.1) is 0 Å². The van der Waals surface area contributed by atoms with Crippen molar-refractivity contribution in [2.75, 3.05) is 24.5 Å². The molecule has 3 rings (SSSR count). The monoisotopic (exact) mass is 230 g/mol. The van der Waals surface area contributed by atoms with E-state index in [9.17, 15) is 0 Å². The maximum absolute atomic E-state index is 2.68. The summed E-state index contributed by atoms with van der Waals surface area (Å²) in [6, 6.07) is 10.4. The number of hydrogen-bond donors (Lipinski definition) is 0. The zero-order valence-corrected chi connectivity index (χ0v) is 10.9. The molecule has 17 heavy (non-hydrogen) atoms. The van der Waals surface area contributed by atoms with Gasteiger partial charge in [0.15, 0.2) is 0 Å². The van der Waals surface area contributed by atoms with E-state index in [0.29, 0.717) is 6.04 Å². The summed E-state index contributed by atoms with van der Waals surface area (Å²) in [4.78, 5) is 5.27. The Morgan fingerprint density at radius 3 is 2.94 bits per heavy atom. The van der Waals surface area contributed by atoms with Crippen LogP contribution in [0, 0.1) is 6.92 Å². The fourth-order valence-corrected chi connectivity index (χ4v) is 3.35. The molecule has 2 aliphatic heterocycles. The molecule has 2 atom stereocenters. The van der Waals surface area contributed by atoms with Gasteiger partial charge in [-0.2, -0.15) is 0 Å². The van der Waals surface area contributed by atoms with E-state index in [4.69, 9.17) is 0 Å². The van der Waals surface area contributed by atoms with E-state index < -0.39 is 0 Å². The first-order valence-corrected chi connectivity index (χ1v) is 6.81. The highest BCUT2D eigenvalue weighted by atomic mass is 15.3. The third-order valence-electron chi connectivity index (χ3n) is 4.27. The van der Waals surface area contributed by atoms with Gasteiger partial charge < -0.3 is 4.90 Å². The molecule has 0 amide bonds. The predicted molar refractivity (Wildman–Crippen MR) is 72.6 cm³/mol. The van der Waals surface area contributed by atoms with E-state index in [1.807, 2.05) is 0 Å². The lowest BCUT2D eigenvalue weighted by Gasteiger charge is -2.43. The van der Waals surface area contributed by atoms with E-state index in [-0.39, 0.29) is 0 Å². The standard InChI is InChI=1S/C15H22N2/c1-12-5-3-6-14(9-12)17-11-15-7-4-8-16(15)10-13(17)2/h3,5-6,9,13,15H,4,7-8,10-11H2,1-2H3. The Morgan fingerprint density at radius 1 is 1.24 bits per heavy atom.